The molecular weight excluding hydrogens is 398 g/mol. The molecule has 0 N–H and O–H groups in total. The third-order valence-electron chi connectivity index (χ3n) is 4.70. The molecule has 0 aliphatic heterocycles. The van der Waals surface area contributed by atoms with E-state index in [2.05, 4.69) is 70.2 Å². The summed E-state index contributed by atoms with van der Waals surface area (Å²) < 4.78 is 2.14. The molecule has 0 radical (unpaired) electrons. The van der Waals surface area contributed by atoms with Crippen LogP contribution in [-0.4, -0.2) is 24.7 Å². The second kappa shape index (κ2) is 8.88. The van der Waals surface area contributed by atoms with Crippen molar-refractivity contribution >= 4 is 23.1 Å². The highest BCUT2D eigenvalue weighted by Gasteiger charge is 2.14. The summed E-state index contributed by atoms with van der Waals surface area (Å²) in [5, 5.41) is 12.9. The molecule has 1 aromatic carbocycles. The van der Waals surface area contributed by atoms with E-state index in [1.165, 1.54) is 11.1 Å². The molecule has 0 amide bonds. The van der Waals surface area contributed by atoms with Gasteiger partial charge in [-0.05, 0) is 30.5 Å². The minimum Gasteiger partial charge on any atom is -0.302 e. The summed E-state index contributed by atoms with van der Waals surface area (Å²) in [7, 11) is 0. The first kappa shape index (κ1) is 19.8. The lowest BCUT2D eigenvalue weighted by atomic mass is 10.0. The third-order valence-corrected chi connectivity index (χ3v) is 6.64. The zero-order valence-corrected chi connectivity index (χ0v) is 18.4. The van der Waals surface area contributed by atoms with E-state index in [4.69, 9.17) is 4.98 Å². The fraction of sp³-hybridized carbons (Fsp3) is 0.273. The Morgan fingerprint density at radius 2 is 1.76 bits per heavy atom. The smallest absolute Gasteiger partial charge is 0.191 e. The van der Waals surface area contributed by atoms with Crippen LogP contribution in [0.15, 0.2) is 59.3 Å². The van der Waals surface area contributed by atoms with E-state index in [9.17, 15) is 0 Å². The van der Waals surface area contributed by atoms with E-state index < -0.39 is 0 Å². The Hall–Kier alpha value is -2.51. The van der Waals surface area contributed by atoms with Gasteiger partial charge in [0.25, 0.3) is 0 Å². The highest BCUT2D eigenvalue weighted by molar-refractivity contribution is 7.98. The lowest BCUT2D eigenvalue weighted by Crippen LogP contribution is -2.00. The molecule has 0 bridgehead atoms. The highest BCUT2D eigenvalue weighted by Crippen LogP contribution is 2.30. The van der Waals surface area contributed by atoms with Gasteiger partial charge in [-0.25, -0.2) is 4.98 Å². The van der Waals surface area contributed by atoms with Crippen molar-refractivity contribution in [2.24, 2.45) is 0 Å². The Bertz CT molecular complexity index is 1070. The van der Waals surface area contributed by atoms with Gasteiger partial charge in [-0.15, -0.1) is 21.5 Å². The molecule has 0 aliphatic carbocycles. The predicted octanol–water partition coefficient (Wildman–Crippen LogP) is 5.90. The average Bonchev–Trinajstić information content (AvgIpc) is 3.39. The van der Waals surface area contributed by atoms with Crippen molar-refractivity contribution in [3.05, 3.63) is 65.4 Å². The first-order valence-electron chi connectivity index (χ1n) is 9.66. The largest absolute Gasteiger partial charge is 0.302 e. The second-order valence-corrected chi connectivity index (χ2v) is 8.80. The number of thiazole rings is 1. The number of hydrogen-bond acceptors (Lipinski definition) is 6. The summed E-state index contributed by atoms with van der Waals surface area (Å²) in [6.45, 7) is 7.35. The fourth-order valence-electron chi connectivity index (χ4n) is 3.05. The van der Waals surface area contributed by atoms with Gasteiger partial charge in [0.2, 0.25) is 0 Å². The van der Waals surface area contributed by atoms with E-state index in [1.807, 2.05) is 12.1 Å². The standard InChI is InChI=1S/C22H23N5S2/c1-4-27-20(17-9-11-23-12-10-17)25-26-22(27)29-14-19-13-28-21(24-19)18-7-5-16(6-8-18)15(2)3/h5-13,15H,4,14H2,1-3H3. The molecule has 3 aromatic heterocycles. The average molecular weight is 422 g/mol. The molecule has 5 nitrogen and oxygen atoms in total. The maximum absolute atomic E-state index is 4.82. The van der Waals surface area contributed by atoms with E-state index >= 15 is 0 Å². The summed E-state index contributed by atoms with van der Waals surface area (Å²) in [5.74, 6) is 2.19. The van der Waals surface area contributed by atoms with Crippen molar-refractivity contribution < 1.29 is 0 Å². The minimum absolute atomic E-state index is 0.542. The monoisotopic (exact) mass is 421 g/mol. The number of thioether (sulfide) groups is 1. The molecule has 0 spiro atoms. The number of pyridine rings is 1. The number of nitrogens with zero attached hydrogens (tertiary/aromatic N) is 5. The molecule has 0 aliphatic rings. The predicted molar refractivity (Wildman–Crippen MR) is 120 cm³/mol. The van der Waals surface area contributed by atoms with E-state index in [1.54, 1.807) is 35.5 Å². The van der Waals surface area contributed by atoms with Crippen molar-refractivity contribution in [2.75, 3.05) is 0 Å². The molecule has 148 valence electrons. The van der Waals surface area contributed by atoms with Crippen molar-refractivity contribution in [3.8, 4) is 22.0 Å². The molecule has 4 rings (SSSR count). The highest BCUT2D eigenvalue weighted by atomic mass is 32.2. The zero-order chi connectivity index (χ0) is 20.2. The number of aromatic nitrogens is 5. The molecule has 3 heterocycles. The van der Waals surface area contributed by atoms with Crippen LogP contribution < -0.4 is 0 Å². The van der Waals surface area contributed by atoms with Gasteiger partial charge in [0.15, 0.2) is 11.0 Å². The minimum atomic E-state index is 0.542. The van der Waals surface area contributed by atoms with Gasteiger partial charge in [0.05, 0.1) is 5.69 Å². The topological polar surface area (TPSA) is 56.5 Å². The number of rotatable bonds is 7. The van der Waals surface area contributed by atoms with Crippen LogP contribution in [0.4, 0.5) is 0 Å². The van der Waals surface area contributed by atoms with Crippen LogP contribution in [0.1, 0.15) is 37.9 Å². The molecule has 0 saturated heterocycles. The van der Waals surface area contributed by atoms with Crippen molar-refractivity contribution in [3.63, 3.8) is 0 Å². The summed E-state index contributed by atoms with van der Waals surface area (Å²) >= 11 is 3.36. The lowest BCUT2D eigenvalue weighted by Gasteiger charge is -2.06. The fourth-order valence-corrected chi connectivity index (χ4v) is 4.88. The SMILES string of the molecule is CCn1c(SCc2csc(-c3ccc(C(C)C)cc3)n2)nnc1-c1ccncc1. The maximum Gasteiger partial charge on any atom is 0.191 e. The normalized spacial score (nSPS) is 11.3. The van der Waals surface area contributed by atoms with Crippen molar-refractivity contribution in [2.45, 2.75) is 44.1 Å². The van der Waals surface area contributed by atoms with Crippen LogP contribution in [0.3, 0.4) is 0 Å². The van der Waals surface area contributed by atoms with Gasteiger partial charge < -0.3 is 4.57 Å². The van der Waals surface area contributed by atoms with Crippen LogP contribution in [0.5, 0.6) is 0 Å². The quantitative estimate of drug-likeness (QED) is 0.348. The first-order valence-corrected chi connectivity index (χ1v) is 11.5. The van der Waals surface area contributed by atoms with Crippen molar-refractivity contribution in [1.82, 2.24) is 24.7 Å². The first-order chi connectivity index (χ1) is 14.2. The van der Waals surface area contributed by atoms with Crippen LogP contribution in [0, 0.1) is 0 Å². The molecule has 29 heavy (non-hydrogen) atoms. The molecule has 7 heteroatoms. The molecule has 0 fully saturated rings. The Labute approximate surface area is 179 Å². The molecule has 4 aromatic rings. The summed E-state index contributed by atoms with van der Waals surface area (Å²) in [6.07, 6.45) is 3.56. The van der Waals surface area contributed by atoms with Crippen LogP contribution in [-0.2, 0) is 12.3 Å². The molecule has 0 unspecified atom stereocenters. The Balaban J connectivity index is 1.47. The zero-order valence-electron chi connectivity index (χ0n) is 16.7. The van der Waals surface area contributed by atoms with E-state index in [0.29, 0.717) is 5.92 Å². The summed E-state index contributed by atoms with van der Waals surface area (Å²) in [6, 6.07) is 12.6. The number of hydrogen-bond donors (Lipinski definition) is 0. The van der Waals surface area contributed by atoms with Crippen LogP contribution >= 0.6 is 23.1 Å². The molecular formula is C22H23N5S2. The summed E-state index contributed by atoms with van der Waals surface area (Å²) in [4.78, 5) is 8.90. The number of benzene rings is 1. The Morgan fingerprint density at radius 1 is 1.00 bits per heavy atom. The second-order valence-electron chi connectivity index (χ2n) is 7.00. The van der Waals surface area contributed by atoms with Gasteiger partial charge in [0, 0.05) is 41.2 Å². The van der Waals surface area contributed by atoms with Crippen molar-refractivity contribution in [1.29, 1.82) is 0 Å². The van der Waals surface area contributed by atoms with Gasteiger partial charge in [-0.2, -0.15) is 0 Å². The van der Waals surface area contributed by atoms with Gasteiger partial charge >= 0.3 is 0 Å². The molecule has 0 atom stereocenters. The van der Waals surface area contributed by atoms with Gasteiger partial charge in [0.1, 0.15) is 5.01 Å². The lowest BCUT2D eigenvalue weighted by molar-refractivity contribution is 0.687. The molecule has 0 saturated carbocycles. The van der Waals surface area contributed by atoms with Gasteiger partial charge in [-0.3, -0.25) is 4.98 Å². The third kappa shape index (κ3) is 4.41. The van der Waals surface area contributed by atoms with E-state index in [0.717, 1.165) is 39.5 Å². The Kier molecular flexibility index (Phi) is 6.06. The van der Waals surface area contributed by atoms with Crippen LogP contribution in [0.25, 0.3) is 22.0 Å². The van der Waals surface area contributed by atoms with Gasteiger partial charge in [-0.1, -0.05) is 49.9 Å². The maximum atomic E-state index is 4.82. The Morgan fingerprint density at radius 3 is 2.45 bits per heavy atom. The summed E-state index contributed by atoms with van der Waals surface area (Å²) in [5.41, 5.74) is 4.62. The van der Waals surface area contributed by atoms with Crippen LogP contribution in [0.2, 0.25) is 0 Å². The van der Waals surface area contributed by atoms with E-state index in [-0.39, 0.29) is 0 Å².